The highest BCUT2D eigenvalue weighted by Crippen LogP contribution is 2.06. The summed E-state index contributed by atoms with van der Waals surface area (Å²) < 4.78 is 5.38. The molecule has 1 N–H and O–H groups in total. The normalized spacial score (nSPS) is 10.6. The fourth-order valence-corrected chi connectivity index (χ4v) is 1.99. The largest absolute Gasteiger partial charge is 0.361 e. The SMILES string of the molecule is CCCCCCCCC(=O)NCOCCCCCC. The predicted octanol–water partition coefficient (Wildman–Crippen LogP) is 4.41. The van der Waals surface area contributed by atoms with Crippen LogP contribution < -0.4 is 5.32 Å². The molecule has 0 radical (unpaired) electrons. The third kappa shape index (κ3) is 15.4. The molecule has 0 aliphatic rings. The van der Waals surface area contributed by atoms with Crippen LogP contribution in [0.2, 0.25) is 0 Å². The van der Waals surface area contributed by atoms with Crippen molar-refractivity contribution < 1.29 is 9.53 Å². The van der Waals surface area contributed by atoms with Gasteiger partial charge in [-0.05, 0) is 12.8 Å². The van der Waals surface area contributed by atoms with Gasteiger partial charge in [0, 0.05) is 13.0 Å². The summed E-state index contributed by atoms with van der Waals surface area (Å²) in [7, 11) is 0. The molecule has 19 heavy (non-hydrogen) atoms. The standard InChI is InChI=1S/C16H33NO2/c1-3-5-7-9-10-11-13-16(18)17-15-19-14-12-8-6-4-2/h3-15H2,1-2H3,(H,17,18). The lowest BCUT2D eigenvalue weighted by Gasteiger charge is -2.06. The molecule has 114 valence electrons. The van der Waals surface area contributed by atoms with Crippen LogP contribution in [0.3, 0.4) is 0 Å². The van der Waals surface area contributed by atoms with Crippen molar-refractivity contribution >= 4 is 5.91 Å². The summed E-state index contributed by atoms with van der Waals surface area (Å²) in [5, 5.41) is 2.81. The topological polar surface area (TPSA) is 38.3 Å². The Morgan fingerprint density at radius 1 is 0.842 bits per heavy atom. The van der Waals surface area contributed by atoms with E-state index in [2.05, 4.69) is 19.2 Å². The van der Waals surface area contributed by atoms with E-state index in [1.807, 2.05) is 0 Å². The first-order valence-corrected chi connectivity index (χ1v) is 8.15. The number of ether oxygens (including phenoxy) is 1. The first kappa shape index (κ1) is 18.4. The van der Waals surface area contributed by atoms with E-state index in [1.165, 1.54) is 51.4 Å². The molecule has 0 saturated carbocycles. The number of unbranched alkanes of at least 4 members (excludes halogenated alkanes) is 8. The van der Waals surface area contributed by atoms with Crippen LogP contribution >= 0.6 is 0 Å². The lowest BCUT2D eigenvalue weighted by Crippen LogP contribution is -2.25. The second kappa shape index (κ2) is 15.5. The Morgan fingerprint density at radius 3 is 2.11 bits per heavy atom. The Bertz CT molecular complexity index is 195. The van der Waals surface area contributed by atoms with Crippen molar-refractivity contribution in [3.63, 3.8) is 0 Å². The summed E-state index contributed by atoms with van der Waals surface area (Å²) in [6, 6.07) is 0. The molecule has 0 rings (SSSR count). The molecule has 0 saturated heterocycles. The van der Waals surface area contributed by atoms with Crippen molar-refractivity contribution in [1.82, 2.24) is 5.32 Å². The van der Waals surface area contributed by atoms with E-state index < -0.39 is 0 Å². The van der Waals surface area contributed by atoms with E-state index in [0.29, 0.717) is 13.2 Å². The first-order valence-electron chi connectivity index (χ1n) is 8.15. The molecule has 0 aromatic heterocycles. The van der Waals surface area contributed by atoms with Crippen molar-refractivity contribution in [1.29, 1.82) is 0 Å². The second-order valence-electron chi connectivity index (χ2n) is 5.23. The number of nitrogens with one attached hydrogen (secondary N) is 1. The van der Waals surface area contributed by atoms with Crippen molar-refractivity contribution in [2.45, 2.75) is 84.5 Å². The van der Waals surface area contributed by atoms with E-state index in [0.717, 1.165) is 19.4 Å². The van der Waals surface area contributed by atoms with E-state index >= 15 is 0 Å². The van der Waals surface area contributed by atoms with Gasteiger partial charge in [-0.3, -0.25) is 4.79 Å². The number of hydrogen-bond acceptors (Lipinski definition) is 2. The van der Waals surface area contributed by atoms with E-state index in [9.17, 15) is 4.79 Å². The van der Waals surface area contributed by atoms with Gasteiger partial charge in [0.25, 0.3) is 0 Å². The van der Waals surface area contributed by atoms with Gasteiger partial charge in [0.05, 0.1) is 0 Å². The summed E-state index contributed by atoms with van der Waals surface area (Å²) in [5.41, 5.74) is 0. The maximum absolute atomic E-state index is 11.5. The van der Waals surface area contributed by atoms with Gasteiger partial charge >= 0.3 is 0 Å². The molecule has 3 heteroatoms. The van der Waals surface area contributed by atoms with Crippen LogP contribution in [-0.4, -0.2) is 19.2 Å². The highest BCUT2D eigenvalue weighted by atomic mass is 16.5. The Labute approximate surface area is 119 Å². The highest BCUT2D eigenvalue weighted by molar-refractivity contribution is 5.75. The molecule has 3 nitrogen and oxygen atoms in total. The number of rotatable bonds is 14. The van der Waals surface area contributed by atoms with Gasteiger partial charge in [0.15, 0.2) is 0 Å². The summed E-state index contributed by atoms with van der Waals surface area (Å²) in [5.74, 6) is 0.129. The number of amides is 1. The van der Waals surface area contributed by atoms with Crippen LogP contribution in [0.15, 0.2) is 0 Å². The van der Waals surface area contributed by atoms with Gasteiger partial charge in [0.1, 0.15) is 6.73 Å². The quantitative estimate of drug-likeness (QED) is 0.375. The number of hydrogen-bond donors (Lipinski definition) is 1. The zero-order valence-corrected chi connectivity index (χ0v) is 13.0. The monoisotopic (exact) mass is 271 g/mol. The van der Waals surface area contributed by atoms with Gasteiger partial charge in [-0.25, -0.2) is 0 Å². The Kier molecular flexibility index (Phi) is 15.0. The molecule has 0 aromatic carbocycles. The van der Waals surface area contributed by atoms with Gasteiger partial charge < -0.3 is 10.1 Å². The van der Waals surface area contributed by atoms with Crippen LogP contribution in [0, 0.1) is 0 Å². The molecule has 0 fully saturated rings. The molecule has 0 atom stereocenters. The molecule has 0 bridgehead atoms. The average Bonchev–Trinajstić information content (AvgIpc) is 2.41. The molecule has 0 heterocycles. The van der Waals surface area contributed by atoms with Gasteiger partial charge in [-0.1, -0.05) is 65.2 Å². The zero-order chi connectivity index (χ0) is 14.2. The minimum absolute atomic E-state index is 0.129. The molecule has 0 aliphatic heterocycles. The van der Waals surface area contributed by atoms with Crippen molar-refractivity contribution in [3.8, 4) is 0 Å². The summed E-state index contributed by atoms with van der Waals surface area (Å²) >= 11 is 0. The maximum Gasteiger partial charge on any atom is 0.221 e. The van der Waals surface area contributed by atoms with Crippen molar-refractivity contribution in [3.05, 3.63) is 0 Å². The Hall–Kier alpha value is -0.570. The predicted molar refractivity (Wildman–Crippen MR) is 81.1 cm³/mol. The first-order chi connectivity index (χ1) is 9.31. The van der Waals surface area contributed by atoms with Crippen molar-refractivity contribution in [2.24, 2.45) is 0 Å². The summed E-state index contributed by atoms with van der Waals surface area (Å²) in [6.07, 6.45) is 12.8. The third-order valence-corrected chi connectivity index (χ3v) is 3.27. The van der Waals surface area contributed by atoms with Crippen molar-refractivity contribution in [2.75, 3.05) is 13.3 Å². The van der Waals surface area contributed by atoms with Gasteiger partial charge in [-0.2, -0.15) is 0 Å². The highest BCUT2D eigenvalue weighted by Gasteiger charge is 2.00. The lowest BCUT2D eigenvalue weighted by atomic mass is 10.1. The fraction of sp³-hybridized carbons (Fsp3) is 0.938. The molecule has 0 aromatic rings. The molecule has 1 amide bonds. The van der Waals surface area contributed by atoms with Crippen LogP contribution in [-0.2, 0) is 9.53 Å². The van der Waals surface area contributed by atoms with E-state index in [-0.39, 0.29) is 5.91 Å². The minimum Gasteiger partial charge on any atom is -0.361 e. The number of carbonyl (C=O) groups excluding carboxylic acids is 1. The fourth-order valence-electron chi connectivity index (χ4n) is 1.99. The summed E-state index contributed by atoms with van der Waals surface area (Å²) in [4.78, 5) is 11.5. The van der Waals surface area contributed by atoms with Crippen LogP contribution in [0.4, 0.5) is 0 Å². The molecule has 0 unspecified atom stereocenters. The smallest absolute Gasteiger partial charge is 0.221 e. The number of carbonyl (C=O) groups is 1. The molecular formula is C16H33NO2. The average molecular weight is 271 g/mol. The van der Waals surface area contributed by atoms with E-state index in [4.69, 9.17) is 4.74 Å². The minimum atomic E-state index is 0.129. The lowest BCUT2D eigenvalue weighted by molar-refractivity contribution is -0.122. The molecular weight excluding hydrogens is 238 g/mol. The van der Waals surface area contributed by atoms with Crippen LogP contribution in [0.1, 0.15) is 84.5 Å². The molecule has 0 aliphatic carbocycles. The maximum atomic E-state index is 11.5. The zero-order valence-electron chi connectivity index (χ0n) is 13.0. The third-order valence-electron chi connectivity index (χ3n) is 3.27. The van der Waals surface area contributed by atoms with Crippen LogP contribution in [0.5, 0.6) is 0 Å². The van der Waals surface area contributed by atoms with Gasteiger partial charge in [0.2, 0.25) is 5.91 Å². The van der Waals surface area contributed by atoms with Gasteiger partial charge in [-0.15, -0.1) is 0 Å². The summed E-state index contributed by atoms with van der Waals surface area (Å²) in [6.45, 7) is 5.55. The Balaban J connectivity index is 3.13. The molecule has 0 spiro atoms. The van der Waals surface area contributed by atoms with E-state index in [1.54, 1.807) is 0 Å². The van der Waals surface area contributed by atoms with Crippen LogP contribution in [0.25, 0.3) is 0 Å². The second-order valence-corrected chi connectivity index (χ2v) is 5.23. The Morgan fingerprint density at radius 2 is 1.42 bits per heavy atom.